The first-order valence-electron chi connectivity index (χ1n) is 7.59. The number of nitrogens with one attached hydrogen (secondary N) is 2. The summed E-state index contributed by atoms with van der Waals surface area (Å²) in [5, 5.41) is 22.9. The minimum atomic E-state index is -0.880. The summed E-state index contributed by atoms with van der Waals surface area (Å²) in [7, 11) is 0. The van der Waals surface area contributed by atoms with Crippen LogP contribution in [0, 0.1) is 16.7 Å². The van der Waals surface area contributed by atoms with E-state index in [1.165, 1.54) is 4.90 Å². The number of aromatic amines is 1. The maximum absolute atomic E-state index is 11.3. The number of H-pyrrole nitrogens is 1. The van der Waals surface area contributed by atoms with Crippen molar-refractivity contribution in [3.05, 3.63) is 30.0 Å². The maximum Gasteiger partial charge on any atom is 0.407 e. The zero-order valence-corrected chi connectivity index (χ0v) is 13.4. The number of nitrogens with zero attached hydrogens (tertiary/aromatic N) is 2. The van der Waals surface area contributed by atoms with Crippen LogP contribution in [0.1, 0.15) is 26.3 Å². The number of fused-ring (bicyclic) bond motifs is 1. The number of amides is 1. The molecule has 2 unspecified atom stereocenters. The second-order valence-electron chi connectivity index (χ2n) is 7.04. The molecule has 0 bridgehead atoms. The second-order valence-corrected chi connectivity index (χ2v) is 7.04. The molecule has 0 radical (unpaired) electrons. The van der Waals surface area contributed by atoms with E-state index in [1.807, 2.05) is 39.1 Å². The van der Waals surface area contributed by atoms with Crippen LogP contribution >= 0.6 is 0 Å². The molecule has 1 saturated heterocycles. The van der Waals surface area contributed by atoms with E-state index in [0.29, 0.717) is 12.1 Å². The zero-order chi connectivity index (χ0) is 16.8. The Hall–Kier alpha value is -2.68. The molecule has 0 spiro atoms. The van der Waals surface area contributed by atoms with Gasteiger partial charge in [-0.15, -0.1) is 0 Å². The van der Waals surface area contributed by atoms with E-state index in [9.17, 15) is 9.90 Å². The van der Waals surface area contributed by atoms with Gasteiger partial charge in [0.15, 0.2) is 0 Å². The van der Waals surface area contributed by atoms with Crippen molar-refractivity contribution in [3.8, 4) is 6.07 Å². The first-order chi connectivity index (χ1) is 10.8. The number of nitriles is 1. The van der Waals surface area contributed by atoms with Crippen LogP contribution in [-0.2, 0) is 0 Å². The topological polar surface area (TPSA) is 92.2 Å². The molecule has 1 aromatic carbocycles. The number of carbonyl (C=O) groups is 1. The van der Waals surface area contributed by atoms with E-state index in [0.717, 1.165) is 16.6 Å². The Morgan fingerprint density at radius 1 is 1.43 bits per heavy atom. The van der Waals surface area contributed by atoms with Crippen LogP contribution in [0.25, 0.3) is 10.9 Å². The van der Waals surface area contributed by atoms with Gasteiger partial charge in [0, 0.05) is 23.8 Å². The molecule has 1 fully saturated rings. The molecule has 2 atom stereocenters. The van der Waals surface area contributed by atoms with Gasteiger partial charge in [-0.3, -0.25) is 0 Å². The molecule has 0 aliphatic carbocycles. The van der Waals surface area contributed by atoms with Gasteiger partial charge in [-0.05, 0) is 23.6 Å². The average Bonchev–Trinajstić information content (AvgIpc) is 2.89. The summed E-state index contributed by atoms with van der Waals surface area (Å²) in [6.45, 7) is 6.60. The standard InChI is InChI=1S/C17H20N4O2/c1-17(2,3)15-13(9-21(15)16(22)23)20-12-5-4-10(8-18)14-11(12)6-7-19-14/h4-7,13,15,19-20H,9H2,1-3H3,(H,22,23). The zero-order valence-electron chi connectivity index (χ0n) is 13.4. The molecule has 3 N–H and O–H groups in total. The highest BCUT2D eigenvalue weighted by molar-refractivity contribution is 5.95. The van der Waals surface area contributed by atoms with Gasteiger partial charge in [0.1, 0.15) is 6.07 Å². The first kappa shape index (κ1) is 15.2. The molecule has 6 nitrogen and oxygen atoms in total. The summed E-state index contributed by atoms with van der Waals surface area (Å²) < 4.78 is 0. The van der Waals surface area contributed by atoms with Gasteiger partial charge in [-0.2, -0.15) is 5.26 Å². The molecule has 3 rings (SSSR count). The number of hydrogen-bond donors (Lipinski definition) is 3. The fraction of sp³-hybridized carbons (Fsp3) is 0.412. The van der Waals surface area contributed by atoms with Gasteiger partial charge in [-0.25, -0.2) is 4.79 Å². The molecule has 1 aliphatic heterocycles. The van der Waals surface area contributed by atoms with Crippen molar-refractivity contribution in [3.63, 3.8) is 0 Å². The van der Waals surface area contributed by atoms with E-state index < -0.39 is 6.09 Å². The van der Waals surface area contributed by atoms with Crippen molar-refractivity contribution in [1.29, 1.82) is 5.26 Å². The van der Waals surface area contributed by atoms with E-state index in [2.05, 4.69) is 16.4 Å². The van der Waals surface area contributed by atoms with Crippen molar-refractivity contribution in [2.45, 2.75) is 32.9 Å². The van der Waals surface area contributed by atoms with E-state index in [1.54, 1.807) is 6.07 Å². The molecule has 23 heavy (non-hydrogen) atoms. The van der Waals surface area contributed by atoms with E-state index in [-0.39, 0.29) is 17.5 Å². The van der Waals surface area contributed by atoms with Crippen LogP contribution in [0.4, 0.5) is 10.5 Å². The van der Waals surface area contributed by atoms with Gasteiger partial charge >= 0.3 is 6.09 Å². The Labute approximate surface area is 134 Å². The highest BCUT2D eigenvalue weighted by Gasteiger charge is 2.48. The summed E-state index contributed by atoms with van der Waals surface area (Å²) in [5.41, 5.74) is 2.17. The fourth-order valence-corrected chi connectivity index (χ4v) is 3.47. The number of aromatic nitrogens is 1. The Morgan fingerprint density at radius 2 is 2.17 bits per heavy atom. The van der Waals surface area contributed by atoms with Crippen LogP contribution in [0.2, 0.25) is 0 Å². The highest BCUT2D eigenvalue weighted by atomic mass is 16.4. The molecule has 1 amide bonds. The van der Waals surface area contributed by atoms with Crippen molar-refractivity contribution in [2.75, 3.05) is 11.9 Å². The molecular formula is C17H20N4O2. The SMILES string of the molecule is CC(C)(C)C1C(Nc2ccc(C#N)c3[nH]ccc23)CN1C(=O)O. The van der Waals surface area contributed by atoms with Gasteiger partial charge in [0.2, 0.25) is 0 Å². The summed E-state index contributed by atoms with van der Waals surface area (Å²) in [5.74, 6) is 0. The quantitative estimate of drug-likeness (QED) is 0.794. The van der Waals surface area contributed by atoms with Crippen molar-refractivity contribution in [1.82, 2.24) is 9.88 Å². The fourth-order valence-electron chi connectivity index (χ4n) is 3.47. The van der Waals surface area contributed by atoms with E-state index in [4.69, 9.17) is 5.26 Å². The van der Waals surface area contributed by atoms with Crippen LogP contribution in [0.5, 0.6) is 0 Å². The molecule has 2 aromatic rings. The van der Waals surface area contributed by atoms with Gasteiger partial charge in [0.05, 0.1) is 23.2 Å². The van der Waals surface area contributed by atoms with Gasteiger partial charge in [-0.1, -0.05) is 20.8 Å². The van der Waals surface area contributed by atoms with Gasteiger partial charge in [0.25, 0.3) is 0 Å². The van der Waals surface area contributed by atoms with Crippen molar-refractivity contribution in [2.24, 2.45) is 5.41 Å². The summed E-state index contributed by atoms with van der Waals surface area (Å²) in [4.78, 5) is 15.9. The Bertz CT molecular complexity index is 797. The lowest BCUT2D eigenvalue weighted by atomic mass is 9.76. The lowest BCUT2D eigenvalue weighted by molar-refractivity contribution is 0.00835. The monoisotopic (exact) mass is 312 g/mol. The number of likely N-dealkylation sites (tertiary alicyclic amines) is 1. The third kappa shape index (κ3) is 2.48. The molecule has 1 aromatic heterocycles. The molecule has 120 valence electrons. The Morgan fingerprint density at radius 3 is 2.78 bits per heavy atom. The van der Waals surface area contributed by atoms with Crippen LogP contribution in [-0.4, -0.2) is 39.7 Å². The lowest BCUT2D eigenvalue weighted by Crippen LogP contribution is -2.69. The highest BCUT2D eigenvalue weighted by Crippen LogP contribution is 2.37. The predicted octanol–water partition coefficient (Wildman–Crippen LogP) is 3.23. The number of hydrogen-bond acceptors (Lipinski definition) is 3. The Kier molecular flexibility index (Phi) is 3.44. The summed E-state index contributed by atoms with van der Waals surface area (Å²) >= 11 is 0. The third-order valence-corrected chi connectivity index (χ3v) is 4.43. The van der Waals surface area contributed by atoms with Gasteiger partial charge < -0.3 is 20.3 Å². The Balaban J connectivity index is 1.90. The lowest BCUT2D eigenvalue weighted by Gasteiger charge is -2.53. The molecule has 0 saturated carbocycles. The number of anilines is 1. The summed E-state index contributed by atoms with van der Waals surface area (Å²) in [6.07, 6.45) is 0.928. The van der Waals surface area contributed by atoms with Crippen molar-refractivity contribution < 1.29 is 9.90 Å². The largest absolute Gasteiger partial charge is 0.465 e. The smallest absolute Gasteiger partial charge is 0.407 e. The van der Waals surface area contributed by atoms with Crippen LogP contribution in [0.15, 0.2) is 24.4 Å². The van der Waals surface area contributed by atoms with Crippen molar-refractivity contribution >= 4 is 22.7 Å². The minimum Gasteiger partial charge on any atom is -0.465 e. The maximum atomic E-state index is 11.3. The van der Waals surface area contributed by atoms with Crippen LogP contribution < -0.4 is 5.32 Å². The average molecular weight is 312 g/mol. The third-order valence-electron chi connectivity index (χ3n) is 4.43. The summed E-state index contributed by atoms with van der Waals surface area (Å²) in [6, 6.07) is 7.73. The van der Waals surface area contributed by atoms with Crippen LogP contribution in [0.3, 0.4) is 0 Å². The predicted molar refractivity (Wildman–Crippen MR) is 88.4 cm³/mol. The number of benzene rings is 1. The normalized spacial score (nSPS) is 20.9. The molecule has 2 heterocycles. The molecular weight excluding hydrogens is 292 g/mol. The van der Waals surface area contributed by atoms with E-state index >= 15 is 0 Å². The second kappa shape index (κ2) is 5.20. The number of rotatable bonds is 2. The molecule has 6 heteroatoms. The first-order valence-corrected chi connectivity index (χ1v) is 7.59. The minimum absolute atomic E-state index is 0.0529. The number of carboxylic acid groups (broad SMARTS) is 1. The molecule has 1 aliphatic rings.